The molecule has 0 fully saturated rings. The number of aromatic nitrogens is 4. The van der Waals surface area contributed by atoms with Crippen molar-refractivity contribution in [1.29, 1.82) is 0 Å². The molecular weight excluding hydrogens is 252 g/mol. The highest BCUT2D eigenvalue weighted by molar-refractivity contribution is 5.71. The summed E-state index contributed by atoms with van der Waals surface area (Å²) in [5, 5.41) is 7.12. The van der Waals surface area contributed by atoms with Crippen molar-refractivity contribution in [1.82, 2.24) is 19.7 Å². The molecule has 0 bridgehead atoms. The first kappa shape index (κ1) is 12.6. The highest BCUT2D eigenvalue weighted by atomic mass is 16.1. The summed E-state index contributed by atoms with van der Waals surface area (Å²) in [6.07, 6.45) is 3.15. The molecule has 102 valence electrons. The Morgan fingerprint density at radius 2 is 1.90 bits per heavy atom. The standard InChI is InChI=1S/C15H16N4O/c1-9-4-10(2)13(11(3)5-9)7-19-8-16-14-12(15(19)20)6-17-18-14/h4-6,8H,7H2,1-3H3,(H,17,18). The van der Waals surface area contributed by atoms with Gasteiger partial charge in [-0.3, -0.25) is 14.5 Å². The second-order valence-corrected chi connectivity index (χ2v) is 5.18. The van der Waals surface area contributed by atoms with Crippen molar-refractivity contribution in [2.24, 2.45) is 0 Å². The molecule has 0 unspecified atom stereocenters. The lowest BCUT2D eigenvalue weighted by atomic mass is 10.00. The van der Waals surface area contributed by atoms with Crippen LogP contribution in [0.4, 0.5) is 0 Å². The number of aromatic amines is 1. The number of hydrogen-bond donors (Lipinski definition) is 1. The minimum Gasteiger partial charge on any atom is -0.294 e. The van der Waals surface area contributed by atoms with Gasteiger partial charge in [0.2, 0.25) is 0 Å². The van der Waals surface area contributed by atoms with E-state index < -0.39 is 0 Å². The third kappa shape index (κ3) is 2.01. The van der Waals surface area contributed by atoms with Crippen LogP contribution in [0.5, 0.6) is 0 Å². The summed E-state index contributed by atoms with van der Waals surface area (Å²) in [4.78, 5) is 16.5. The number of nitrogens with zero attached hydrogens (tertiary/aromatic N) is 3. The zero-order chi connectivity index (χ0) is 14.3. The average Bonchev–Trinajstić information content (AvgIpc) is 2.85. The lowest BCUT2D eigenvalue weighted by Gasteiger charge is -2.12. The molecule has 0 aliphatic heterocycles. The van der Waals surface area contributed by atoms with Crippen molar-refractivity contribution in [3.63, 3.8) is 0 Å². The van der Waals surface area contributed by atoms with E-state index in [-0.39, 0.29) is 5.56 Å². The Morgan fingerprint density at radius 3 is 2.60 bits per heavy atom. The van der Waals surface area contributed by atoms with Crippen molar-refractivity contribution >= 4 is 11.0 Å². The number of rotatable bonds is 2. The molecule has 0 radical (unpaired) electrons. The van der Waals surface area contributed by atoms with Crippen molar-refractivity contribution in [3.8, 4) is 0 Å². The molecule has 2 heterocycles. The molecule has 5 heteroatoms. The van der Waals surface area contributed by atoms with Gasteiger partial charge in [0.15, 0.2) is 5.65 Å². The van der Waals surface area contributed by atoms with Crippen LogP contribution in [0.3, 0.4) is 0 Å². The van der Waals surface area contributed by atoms with E-state index in [0.717, 1.165) is 0 Å². The molecule has 0 spiro atoms. The summed E-state index contributed by atoms with van der Waals surface area (Å²) in [6, 6.07) is 4.27. The van der Waals surface area contributed by atoms with Gasteiger partial charge in [0.05, 0.1) is 6.54 Å². The summed E-state index contributed by atoms with van der Waals surface area (Å²) >= 11 is 0. The third-order valence-corrected chi connectivity index (χ3v) is 3.60. The van der Waals surface area contributed by atoms with Gasteiger partial charge >= 0.3 is 0 Å². The summed E-state index contributed by atoms with van der Waals surface area (Å²) in [5.74, 6) is 0. The normalized spacial score (nSPS) is 11.2. The summed E-state index contributed by atoms with van der Waals surface area (Å²) < 4.78 is 1.63. The monoisotopic (exact) mass is 268 g/mol. The lowest BCUT2D eigenvalue weighted by molar-refractivity contribution is 0.739. The van der Waals surface area contributed by atoms with Crippen LogP contribution in [0.25, 0.3) is 11.0 Å². The van der Waals surface area contributed by atoms with Gasteiger partial charge in [-0.15, -0.1) is 0 Å². The Kier molecular flexibility index (Phi) is 2.89. The first-order valence-corrected chi connectivity index (χ1v) is 6.52. The number of hydrogen-bond acceptors (Lipinski definition) is 3. The van der Waals surface area contributed by atoms with Crippen molar-refractivity contribution in [2.75, 3.05) is 0 Å². The minimum atomic E-state index is -0.0666. The number of benzene rings is 1. The largest absolute Gasteiger partial charge is 0.294 e. The van der Waals surface area contributed by atoms with E-state index in [1.807, 2.05) is 0 Å². The van der Waals surface area contributed by atoms with E-state index in [2.05, 4.69) is 48.1 Å². The Balaban J connectivity index is 2.10. The van der Waals surface area contributed by atoms with Gasteiger partial charge in [0.1, 0.15) is 11.7 Å². The van der Waals surface area contributed by atoms with Crippen LogP contribution >= 0.6 is 0 Å². The smallest absolute Gasteiger partial charge is 0.264 e. The second kappa shape index (κ2) is 4.59. The maximum atomic E-state index is 12.3. The molecule has 0 aliphatic carbocycles. The van der Waals surface area contributed by atoms with Gasteiger partial charge < -0.3 is 0 Å². The fourth-order valence-corrected chi connectivity index (χ4v) is 2.61. The molecule has 2 aromatic heterocycles. The van der Waals surface area contributed by atoms with Gasteiger partial charge in [0.25, 0.3) is 5.56 Å². The van der Waals surface area contributed by atoms with Crippen LogP contribution in [0, 0.1) is 20.8 Å². The molecule has 20 heavy (non-hydrogen) atoms. The molecule has 3 aromatic rings. The van der Waals surface area contributed by atoms with Gasteiger partial charge in [-0.2, -0.15) is 5.10 Å². The van der Waals surface area contributed by atoms with Crippen LogP contribution < -0.4 is 5.56 Å². The molecular formula is C15H16N4O. The van der Waals surface area contributed by atoms with Crippen LogP contribution in [-0.4, -0.2) is 19.7 Å². The van der Waals surface area contributed by atoms with Crippen LogP contribution in [0.2, 0.25) is 0 Å². The quantitative estimate of drug-likeness (QED) is 0.774. The number of nitrogens with one attached hydrogen (secondary N) is 1. The zero-order valence-corrected chi connectivity index (χ0v) is 11.8. The van der Waals surface area contributed by atoms with Gasteiger partial charge in [-0.1, -0.05) is 17.7 Å². The Morgan fingerprint density at radius 1 is 1.20 bits per heavy atom. The SMILES string of the molecule is Cc1cc(C)c(Cn2cnc3n[nH]cc3c2=O)c(C)c1. The molecule has 1 N–H and O–H groups in total. The van der Waals surface area contributed by atoms with E-state index in [9.17, 15) is 4.79 Å². The fraction of sp³-hybridized carbons (Fsp3) is 0.267. The lowest BCUT2D eigenvalue weighted by Crippen LogP contribution is -2.21. The zero-order valence-electron chi connectivity index (χ0n) is 11.8. The molecule has 5 nitrogen and oxygen atoms in total. The highest BCUT2D eigenvalue weighted by Gasteiger charge is 2.09. The predicted octanol–water partition coefficient (Wildman–Crippen LogP) is 2.09. The first-order valence-electron chi connectivity index (χ1n) is 6.52. The van der Waals surface area contributed by atoms with Crippen molar-refractivity contribution in [3.05, 3.63) is 57.3 Å². The molecule has 0 aliphatic rings. The van der Waals surface area contributed by atoms with Crippen LogP contribution in [-0.2, 0) is 6.54 Å². The van der Waals surface area contributed by atoms with E-state index in [4.69, 9.17) is 0 Å². The van der Waals surface area contributed by atoms with Crippen molar-refractivity contribution < 1.29 is 0 Å². The number of aryl methyl sites for hydroxylation is 3. The number of H-pyrrole nitrogens is 1. The summed E-state index contributed by atoms with van der Waals surface area (Å²) in [7, 11) is 0. The highest BCUT2D eigenvalue weighted by Crippen LogP contribution is 2.17. The Bertz CT molecular complexity index is 821. The molecule has 0 saturated heterocycles. The summed E-state index contributed by atoms with van der Waals surface area (Å²) in [6.45, 7) is 6.76. The van der Waals surface area contributed by atoms with E-state index >= 15 is 0 Å². The maximum absolute atomic E-state index is 12.3. The van der Waals surface area contributed by atoms with E-state index in [1.165, 1.54) is 22.3 Å². The van der Waals surface area contributed by atoms with Crippen LogP contribution in [0.1, 0.15) is 22.3 Å². The maximum Gasteiger partial charge on any atom is 0.264 e. The van der Waals surface area contributed by atoms with Gasteiger partial charge in [0, 0.05) is 6.20 Å². The Hall–Kier alpha value is -2.43. The second-order valence-electron chi connectivity index (χ2n) is 5.18. The third-order valence-electron chi connectivity index (χ3n) is 3.60. The van der Waals surface area contributed by atoms with Gasteiger partial charge in [-0.05, 0) is 37.5 Å². The minimum absolute atomic E-state index is 0.0666. The van der Waals surface area contributed by atoms with E-state index in [0.29, 0.717) is 17.6 Å². The summed E-state index contributed by atoms with van der Waals surface area (Å²) in [5.41, 5.74) is 5.19. The number of fused-ring (bicyclic) bond motifs is 1. The fourth-order valence-electron chi connectivity index (χ4n) is 2.61. The molecule has 0 atom stereocenters. The van der Waals surface area contributed by atoms with Gasteiger partial charge in [-0.25, -0.2) is 4.98 Å². The first-order chi connectivity index (χ1) is 9.56. The Labute approximate surface area is 116 Å². The van der Waals surface area contributed by atoms with Crippen LogP contribution in [0.15, 0.2) is 29.5 Å². The average molecular weight is 268 g/mol. The molecule has 1 aromatic carbocycles. The van der Waals surface area contributed by atoms with E-state index in [1.54, 1.807) is 17.1 Å². The molecule has 3 rings (SSSR count). The topological polar surface area (TPSA) is 63.6 Å². The molecule has 0 amide bonds. The predicted molar refractivity (Wildman–Crippen MR) is 77.9 cm³/mol. The molecule has 0 saturated carbocycles. The van der Waals surface area contributed by atoms with Crippen molar-refractivity contribution in [2.45, 2.75) is 27.3 Å².